The van der Waals surface area contributed by atoms with Gasteiger partial charge in [0.15, 0.2) is 0 Å². The average molecular weight is 236 g/mol. The van der Waals surface area contributed by atoms with Gasteiger partial charge in [-0.05, 0) is 22.0 Å². The zero-order valence-electron chi connectivity index (χ0n) is 6.13. The van der Waals surface area contributed by atoms with Gasteiger partial charge >= 0.3 is 5.97 Å². The summed E-state index contributed by atoms with van der Waals surface area (Å²) < 4.78 is 14.0. The number of alkyl halides is 1. The van der Waals surface area contributed by atoms with E-state index in [-0.39, 0.29) is 12.1 Å². The molecule has 0 amide bonds. The molecule has 0 unspecified atom stereocenters. The zero-order valence-corrected chi connectivity index (χ0v) is 7.71. The Balaban J connectivity index is 2.92. The summed E-state index contributed by atoms with van der Waals surface area (Å²) in [5, 5.41) is 8.56. The number of rotatable bonds is 3. The Morgan fingerprint density at radius 3 is 2.83 bits per heavy atom. The third-order valence-electron chi connectivity index (χ3n) is 1.42. The summed E-state index contributed by atoms with van der Waals surface area (Å²) in [6, 6.07) is 1.44. The highest BCUT2D eigenvalue weighted by Crippen LogP contribution is 2.15. The Morgan fingerprint density at radius 1 is 1.75 bits per heavy atom. The fourth-order valence-electron chi connectivity index (χ4n) is 0.857. The lowest BCUT2D eigenvalue weighted by atomic mass is 10.4. The van der Waals surface area contributed by atoms with Gasteiger partial charge in [0, 0.05) is 6.20 Å². The highest BCUT2D eigenvalue weighted by molar-refractivity contribution is 9.10. The second-order valence-corrected chi connectivity index (χ2v) is 3.05. The average Bonchev–Trinajstić information content (AvgIpc) is 2.34. The maximum Gasteiger partial charge on any atom is 0.337 e. The van der Waals surface area contributed by atoms with Gasteiger partial charge < -0.3 is 9.67 Å². The van der Waals surface area contributed by atoms with Crippen molar-refractivity contribution in [2.75, 3.05) is 6.67 Å². The number of carbonyl (C=O) groups is 1. The summed E-state index contributed by atoms with van der Waals surface area (Å²) in [5.41, 5.74) is 0.162. The fourth-order valence-corrected chi connectivity index (χ4v) is 1.38. The van der Waals surface area contributed by atoms with E-state index in [1.165, 1.54) is 16.8 Å². The number of aromatic carboxylic acids is 1. The van der Waals surface area contributed by atoms with E-state index in [1.807, 2.05) is 0 Å². The molecule has 0 aliphatic heterocycles. The van der Waals surface area contributed by atoms with Crippen LogP contribution in [0.5, 0.6) is 0 Å². The molecule has 0 fully saturated rings. The van der Waals surface area contributed by atoms with E-state index in [2.05, 4.69) is 15.9 Å². The first-order valence-corrected chi connectivity index (χ1v) is 4.09. The van der Waals surface area contributed by atoms with Crippen molar-refractivity contribution < 1.29 is 14.3 Å². The summed E-state index contributed by atoms with van der Waals surface area (Å²) in [4.78, 5) is 10.4. The zero-order chi connectivity index (χ0) is 9.14. The Hall–Kier alpha value is -0.840. The van der Waals surface area contributed by atoms with Crippen LogP contribution in [0.2, 0.25) is 0 Å². The number of nitrogens with zero attached hydrogens (tertiary/aromatic N) is 1. The smallest absolute Gasteiger partial charge is 0.337 e. The van der Waals surface area contributed by atoms with E-state index in [4.69, 9.17) is 5.11 Å². The molecular weight excluding hydrogens is 229 g/mol. The molecule has 0 aromatic carbocycles. The van der Waals surface area contributed by atoms with Crippen molar-refractivity contribution >= 4 is 21.9 Å². The van der Waals surface area contributed by atoms with Crippen molar-refractivity contribution in [2.24, 2.45) is 0 Å². The minimum atomic E-state index is -1.01. The fraction of sp³-hybridized carbons (Fsp3) is 0.286. The van der Waals surface area contributed by atoms with Crippen molar-refractivity contribution in [3.63, 3.8) is 0 Å². The van der Waals surface area contributed by atoms with Crippen LogP contribution in [-0.2, 0) is 6.54 Å². The predicted molar refractivity (Wildman–Crippen MR) is 45.1 cm³/mol. The maximum absolute atomic E-state index is 11.9. The van der Waals surface area contributed by atoms with E-state index < -0.39 is 12.6 Å². The van der Waals surface area contributed by atoms with Crippen LogP contribution in [0.25, 0.3) is 0 Å². The molecule has 12 heavy (non-hydrogen) atoms. The van der Waals surface area contributed by atoms with Crippen molar-refractivity contribution in [3.8, 4) is 0 Å². The molecule has 1 aromatic rings. The maximum atomic E-state index is 11.9. The molecule has 1 N–H and O–H groups in total. The highest BCUT2D eigenvalue weighted by Gasteiger charge is 2.08. The number of halogens is 2. The van der Waals surface area contributed by atoms with Crippen LogP contribution >= 0.6 is 15.9 Å². The van der Waals surface area contributed by atoms with Gasteiger partial charge in [-0.25, -0.2) is 9.18 Å². The van der Waals surface area contributed by atoms with Crippen LogP contribution in [0.4, 0.5) is 4.39 Å². The summed E-state index contributed by atoms with van der Waals surface area (Å²) in [6.07, 6.45) is 1.39. The first kappa shape index (κ1) is 9.25. The third kappa shape index (κ3) is 1.85. The van der Waals surface area contributed by atoms with Gasteiger partial charge in [0.05, 0.1) is 16.7 Å². The second kappa shape index (κ2) is 3.71. The van der Waals surface area contributed by atoms with Gasteiger partial charge in [-0.2, -0.15) is 0 Å². The van der Waals surface area contributed by atoms with Crippen LogP contribution in [0.15, 0.2) is 16.9 Å². The molecule has 3 nitrogen and oxygen atoms in total. The molecule has 0 aliphatic rings. The van der Waals surface area contributed by atoms with Crippen LogP contribution in [0.1, 0.15) is 10.4 Å². The van der Waals surface area contributed by atoms with Crippen LogP contribution < -0.4 is 0 Å². The second-order valence-electron chi connectivity index (χ2n) is 2.24. The Morgan fingerprint density at radius 2 is 2.42 bits per heavy atom. The number of aromatic nitrogens is 1. The standard InChI is InChI=1S/C7H7BrFNO2/c8-6-3-5(7(11)12)4-10(6)2-1-9/h3-4H,1-2H2,(H,11,12). The molecule has 5 heteroatoms. The lowest BCUT2D eigenvalue weighted by Gasteiger charge is -1.98. The number of carboxylic acid groups (broad SMARTS) is 1. The van der Waals surface area contributed by atoms with Crippen molar-refractivity contribution in [1.29, 1.82) is 0 Å². The minimum absolute atomic E-state index is 0.162. The molecule has 0 saturated carbocycles. The van der Waals surface area contributed by atoms with Crippen molar-refractivity contribution in [3.05, 3.63) is 22.4 Å². The van der Waals surface area contributed by atoms with Gasteiger partial charge in [0.2, 0.25) is 0 Å². The summed E-state index contributed by atoms with van der Waals surface area (Å²) in [7, 11) is 0. The molecule has 1 heterocycles. The molecular formula is C7H7BrFNO2. The van der Waals surface area contributed by atoms with E-state index >= 15 is 0 Å². The van der Waals surface area contributed by atoms with Crippen LogP contribution in [0.3, 0.4) is 0 Å². The van der Waals surface area contributed by atoms with Gasteiger partial charge in [0.25, 0.3) is 0 Å². The van der Waals surface area contributed by atoms with Crippen molar-refractivity contribution in [2.45, 2.75) is 6.54 Å². The summed E-state index contributed by atoms with van der Waals surface area (Å²) in [6.45, 7) is -0.333. The highest BCUT2D eigenvalue weighted by atomic mass is 79.9. The number of hydrogen-bond donors (Lipinski definition) is 1. The number of aryl methyl sites for hydroxylation is 1. The molecule has 1 rings (SSSR count). The first-order valence-electron chi connectivity index (χ1n) is 3.30. The number of hydrogen-bond acceptors (Lipinski definition) is 1. The van der Waals surface area contributed by atoms with Gasteiger partial charge in [0.1, 0.15) is 6.67 Å². The molecule has 0 bridgehead atoms. The lowest BCUT2D eigenvalue weighted by molar-refractivity contribution is 0.0697. The monoisotopic (exact) mass is 235 g/mol. The number of carboxylic acids is 1. The van der Waals surface area contributed by atoms with Gasteiger partial charge in [-0.15, -0.1) is 0 Å². The van der Waals surface area contributed by atoms with Crippen LogP contribution in [-0.4, -0.2) is 22.3 Å². The summed E-state index contributed by atoms with van der Waals surface area (Å²) >= 11 is 3.12. The SMILES string of the molecule is O=C(O)c1cc(Br)n(CCF)c1. The molecule has 66 valence electrons. The van der Waals surface area contributed by atoms with E-state index in [9.17, 15) is 9.18 Å². The normalized spacial score (nSPS) is 10.2. The molecule has 0 spiro atoms. The van der Waals surface area contributed by atoms with E-state index in [0.29, 0.717) is 4.60 Å². The Kier molecular flexibility index (Phi) is 2.86. The third-order valence-corrected chi connectivity index (χ3v) is 2.10. The molecule has 0 atom stereocenters. The molecule has 0 saturated heterocycles. The Bertz CT molecular complexity index is 298. The van der Waals surface area contributed by atoms with Gasteiger partial charge in [-0.3, -0.25) is 0 Å². The predicted octanol–water partition coefficient (Wildman–Crippen LogP) is 1.92. The Labute approximate surface area is 76.9 Å². The molecule has 1 aromatic heterocycles. The van der Waals surface area contributed by atoms with E-state index in [0.717, 1.165) is 0 Å². The lowest BCUT2D eigenvalue weighted by Crippen LogP contribution is -1.98. The molecule has 0 aliphatic carbocycles. The first-order chi connectivity index (χ1) is 5.65. The van der Waals surface area contributed by atoms with Crippen LogP contribution in [0, 0.1) is 0 Å². The van der Waals surface area contributed by atoms with E-state index in [1.54, 1.807) is 0 Å². The quantitative estimate of drug-likeness (QED) is 0.870. The van der Waals surface area contributed by atoms with Crippen molar-refractivity contribution in [1.82, 2.24) is 4.57 Å². The molecule has 0 radical (unpaired) electrons. The minimum Gasteiger partial charge on any atom is -0.478 e. The van der Waals surface area contributed by atoms with Gasteiger partial charge in [-0.1, -0.05) is 0 Å². The largest absolute Gasteiger partial charge is 0.478 e. The summed E-state index contributed by atoms with van der Waals surface area (Å²) in [5.74, 6) is -1.01. The topological polar surface area (TPSA) is 42.2 Å².